The van der Waals surface area contributed by atoms with Crippen molar-refractivity contribution < 1.29 is 9.53 Å². The van der Waals surface area contributed by atoms with E-state index in [9.17, 15) is 4.79 Å². The lowest BCUT2D eigenvalue weighted by Crippen LogP contribution is -2.42. The molecule has 0 heterocycles. The van der Waals surface area contributed by atoms with E-state index < -0.39 is 0 Å². The number of hydrogen-bond donors (Lipinski definition) is 0. The first-order valence-corrected chi connectivity index (χ1v) is 5.42. The van der Waals surface area contributed by atoms with E-state index in [0.717, 1.165) is 38.5 Å². The number of hydrogen-bond acceptors (Lipinski definition) is 2. The Kier molecular flexibility index (Phi) is 2.41. The third-order valence-corrected chi connectivity index (χ3v) is 3.50. The van der Waals surface area contributed by atoms with Gasteiger partial charge < -0.3 is 4.74 Å². The minimum Gasteiger partial charge on any atom is -0.364 e. The van der Waals surface area contributed by atoms with Crippen molar-refractivity contribution in [1.82, 2.24) is 0 Å². The summed E-state index contributed by atoms with van der Waals surface area (Å²) in [4.78, 5) is 11.5. The van der Waals surface area contributed by atoms with E-state index in [1.807, 2.05) is 0 Å². The third kappa shape index (κ3) is 1.64. The van der Waals surface area contributed by atoms with E-state index in [2.05, 4.69) is 0 Å². The van der Waals surface area contributed by atoms with Crippen LogP contribution in [-0.4, -0.2) is 17.5 Å². The minimum atomic E-state index is -0.370. The van der Waals surface area contributed by atoms with Crippen LogP contribution >= 0.6 is 0 Å². The lowest BCUT2D eigenvalue weighted by Gasteiger charge is -2.36. The first kappa shape index (κ1) is 9.20. The Hall–Kier alpha value is -0.370. The molecule has 2 aliphatic rings. The minimum absolute atomic E-state index is 0.247. The van der Waals surface area contributed by atoms with Crippen LogP contribution in [0.4, 0.5) is 0 Å². The first-order valence-electron chi connectivity index (χ1n) is 5.42. The molecule has 0 aliphatic heterocycles. The van der Waals surface area contributed by atoms with Crippen LogP contribution in [0.2, 0.25) is 0 Å². The van der Waals surface area contributed by atoms with Crippen molar-refractivity contribution in [1.29, 1.82) is 0 Å². The summed E-state index contributed by atoms with van der Waals surface area (Å²) in [6.07, 6.45) is 8.22. The molecule has 0 amide bonds. The Bertz CT molecular complexity index is 200. The van der Waals surface area contributed by atoms with Crippen molar-refractivity contribution in [2.45, 2.75) is 63.6 Å². The highest BCUT2D eigenvalue weighted by molar-refractivity contribution is 5.85. The SMILES string of the molecule is CC(=O)C1(OC2CCC2)CCCC1. The maximum atomic E-state index is 11.5. The Balaban J connectivity index is 1.99. The Morgan fingerprint density at radius 3 is 2.23 bits per heavy atom. The molecule has 0 saturated heterocycles. The number of rotatable bonds is 3. The largest absolute Gasteiger partial charge is 0.364 e. The molecule has 0 spiro atoms. The fourth-order valence-electron chi connectivity index (χ4n) is 2.31. The molecule has 74 valence electrons. The molecule has 0 radical (unpaired) electrons. The highest BCUT2D eigenvalue weighted by Crippen LogP contribution is 2.38. The second-order valence-electron chi connectivity index (χ2n) is 4.43. The average molecular weight is 182 g/mol. The molecule has 0 unspecified atom stereocenters. The molecule has 0 bridgehead atoms. The van der Waals surface area contributed by atoms with Gasteiger partial charge in [-0.15, -0.1) is 0 Å². The lowest BCUT2D eigenvalue weighted by atomic mass is 9.92. The van der Waals surface area contributed by atoms with Crippen LogP contribution in [0.3, 0.4) is 0 Å². The molecule has 2 heteroatoms. The molecule has 0 atom stereocenters. The van der Waals surface area contributed by atoms with Crippen molar-refractivity contribution in [3.8, 4) is 0 Å². The summed E-state index contributed by atoms with van der Waals surface area (Å²) in [6, 6.07) is 0. The van der Waals surface area contributed by atoms with Gasteiger partial charge in [-0.3, -0.25) is 4.79 Å². The van der Waals surface area contributed by atoms with Crippen LogP contribution in [0.5, 0.6) is 0 Å². The van der Waals surface area contributed by atoms with Gasteiger partial charge in [0.15, 0.2) is 5.78 Å². The Morgan fingerprint density at radius 1 is 1.23 bits per heavy atom. The van der Waals surface area contributed by atoms with Crippen LogP contribution in [0.1, 0.15) is 51.9 Å². The van der Waals surface area contributed by atoms with E-state index in [-0.39, 0.29) is 11.4 Å². The smallest absolute Gasteiger partial charge is 0.161 e. The van der Waals surface area contributed by atoms with Crippen molar-refractivity contribution >= 4 is 5.78 Å². The Labute approximate surface area is 79.7 Å². The lowest BCUT2D eigenvalue weighted by molar-refractivity contribution is -0.157. The molecule has 2 nitrogen and oxygen atoms in total. The number of ether oxygens (including phenoxy) is 1. The van der Waals surface area contributed by atoms with Gasteiger partial charge in [0.25, 0.3) is 0 Å². The highest BCUT2D eigenvalue weighted by Gasteiger charge is 2.42. The standard InChI is InChI=1S/C11H18O2/c1-9(12)11(7-2-3-8-11)13-10-5-4-6-10/h10H,2-8H2,1H3. The van der Waals surface area contributed by atoms with E-state index >= 15 is 0 Å². The van der Waals surface area contributed by atoms with Crippen LogP contribution < -0.4 is 0 Å². The van der Waals surface area contributed by atoms with Gasteiger partial charge in [-0.2, -0.15) is 0 Å². The van der Waals surface area contributed by atoms with E-state index in [1.165, 1.54) is 6.42 Å². The van der Waals surface area contributed by atoms with Crippen LogP contribution in [0.25, 0.3) is 0 Å². The summed E-state index contributed by atoms with van der Waals surface area (Å²) < 4.78 is 5.95. The van der Waals surface area contributed by atoms with Crippen molar-refractivity contribution in [3.63, 3.8) is 0 Å². The fourth-order valence-corrected chi connectivity index (χ4v) is 2.31. The first-order chi connectivity index (χ1) is 6.23. The van der Waals surface area contributed by atoms with Gasteiger partial charge in [-0.05, 0) is 51.9 Å². The number of Topliss-reactive ketones (excluding diaryl/α,β-unsaturated/α-hetero) is 1. The van der Waals surface area contributed by atoms with Crippen molar-refractivity contribution in [3.05, 3.63) is 0 Å². The van der Waals surface area contributed by atoms with Crippen LogP contribution in [-0.2, 0) is 9.53 Å². The zero-order chi connectivity index (χ0) is 9.31. The molecule has 2 aliphatic carbocycles. The molecule has 2 saturated carbocycles. The predicted octanol–water partition coefficient (Wildman–Crippen LogP) is 2.46. The zero-order valence-electron chi connectivity index (χ0n) is 8.34. The second-order valence-corrected chi connectivity index (χ2v) is 4.43. The topological polar surface area (TPSA) is 26.3 Å². The molecular weight excluding hydrogens is 164 g/mol. The van der Waals surface area contributed by atoms with Gasteiger partial charge in [0, 0.05) is 0 Å². The van der Waals surface area contributed by atoms with Gasteiger partial charge in [0.05, 0.1) is 6.10 Å². The molecule has 2 fully saturated rings. The highest BCUT2D eigenvalue weighted by atomic mass is 16.5. The summed E-state index contributed by atoms with van der Waals surface area (Å²) in [5.41, 5.74) is -0.370. The average Bonchev–Trinajstić information content (AvgIpc) is 2.46. The maximum Gasteiger partial charge on any atom is 0.161 e. The summed E-state index contributed by atoms with van der Waals surface area (Å²) in [6.45, 7) is 1.68. The summed E-state index contributed by atoms with van der Waals surface area (Å²) >= 11 is 0. The van der Waals surface area contributed by atoms with E-state index in [1.54, 1.807) is 6.92 Å². The molecule has 0 N–H and O–H groups in total. The van der Waals surface area contributed by atoms with Crippen LogP contribution in [0.15, 0.2) is 0 Å². The molecule has 0 aromatic heterocycles. The summed E-state index contributed by atoms with van der Waals surface area (Å²) in [5, 5.41) is 0. The molecule has 0 aromatic carbocycles. The Morgan fingerprint density at radius 2 is 1.85 bits per heavy atom. The second kappa shape index (κ2) is 3.41. The zero-order valence-corrected chi connectivity index (χ0v) is 8.34. The van der Waals surface area contributed by atoms with Gasteiger partial charge in [-0.1, -0.05) is 0 Å². The third-order valence-electron chi connectivity index (χ3n) is 3.50. The number of carbonyl (C=O) groups is 1. The molecule has 2 rings (SSSR count). The maximum absolute atomic E-state index is 11.5. The number of ketones is 1. The van der Waals surface area contributed by atoms with Gasteiger partial charge >= 0.3 is 0 Å². The van der Waals surface area contributed by atoms with Crippen molar-refractivity contribution in [2.24, 2.45) is 0 Å². The summed E-state index contributed by atoms with van der Waals surface area (Å²) in [5.74, 6) is 0.247. The quantitative estimate of drug-likeness (QED) is 0.670. The van der Waals surface area contributed by atoms with Crippen LogP contribution in [0, 0.1) is 0 Å². The normalized spacial score (nSPS) is 27.2. The monoisotopic (exact) mass is 182 g/mol. The predicted molar refractivity (Wildman–Crippen MR) is 50.6 cm³/mol. The number of carbonyl (C=O) groups excluding carboxylic acids is 1. The van der Waals surface area contributed by atoms with Gasteiger partial charge in [0.2, 0.25) is 0 Å². The fraction of sp³-hybridized carbons (Fsp3) is 0.909. The molecule has 13 heavy (non-hydrogen) atoms. The van der Waals surface area contributed by atoms with Gasteiger partial charge in [0.1, 0.15) is 5.60 Å². The van der Waals surface area contributed by atoms with Crippen molar-refractivity contribution in [2.75, 3.05) is 0 Å². The summed E-state index contributed by atoms with van der Waals surface area (Å²) in [7, 11) is 0. The van der Waals surface area contributed by atoms with E-state index in [4.69, 9.17) is 4.74 Å². The molecular formula is C11H18O2. The van der Waals surface area contributed by atoms with Gasteiger partial charge in [-0.25, -0.2) is 0 Å². The van der Waals surface area contributed by atoms with E-state index in [0.29, 0.717) is 6.10 Å². The molecule has 0 aromatic rings.